The van der Waals surface area contributed by atoms with E-state index in [1.807, 2.05) is 43.3 Å². The molecular formula is C23H26N4O2. The average Bonchev–Trinajstić information content (AvgIpc) is 3.20. The Kier molecular flexibility index (Phi) is 6.79. The van der Waals surface area contributed by atoms with Crippen molar-refractivity contribution >= 4 is 12.1 Å². The minimum absolute atomic E-state index is 0.345. The lowest BCUT2D eigenvalue weighted by atomic mass is 10.0. The van der Waals surface area contributed by atoms with Gasteiger partial charge in [-0.05, 0) is 60.7 Å². The number of aromatic amines is 1. The maximum Gasteiger partial charge on any atom is 0.289 e. The molecule has 0 radical (unpaired) electrons. The third kappa shape index (κ3) is 5.78. The zero-order chi connectivity index (χ0) is 20.6. The van der Waals surface area contributed by atoms with E-state index in [1.54, 1.807) is 12.3 Å². The molecule has 1 aromatic heterocycles. The van der Waals surface area contributed by atoms with Crippen LogP contribution in [0.3, 0.4) is 0 Å². The molecule has 2 N–H and O–H groups in total. The van der Waals surface area contributed by atoms with Crippen molar-refractivity contribution in [1.82, 2.24) is 15.6 Å². The molecule has 0 spiro atoms. The van der Waals surface area contributed by atoms with Crippen LogP contribution in [0.5, 0.6) is 5.75 Å². The van der Waals surface area contributed by atoms with Crippen LogP contribution in [-0.2, 0) is 6.42 Å². The first-order valence-electron chi connectivity index (χ1n) is 9.76. The number of hydrogen-bond acceptors (Lipinski definition) is 4. The Morgan fingerprint density at radius 3 is 2.55 bits per heavy atom. The number of rotatable bonds is 8. The fourth-order valence-electron chi connectivity index (χ4n) is 2.91. The van der Waals surface area contributed by atoms with Crippen LogP contribution >= 0.6 is 0 Å². The van der Waals surface area contributed by atoms with E-state index in [0.29, 0.717) is 18.2 Å². The number of nitrogens with zero attached hydrogens (tertiary/aromatic N) is 2. The summed E-state index contributed by atoms with van der Waals surface area (Å²) < 4.78 is 5.40. The van der Waals surface area contributed by atoms with Gasteiger partial charge in [0.1, 0.15) is 11.4 Å². The Morgan fingerprint density at radius 2 is 1.90 bits per heavy atom. The highest BCUT2D eigenvalue weighted by atomic mass is 16.5. The van der Waals surface area contributed by atoms with Crippen LogP contribution in [-0.4, -0.2) is 28.9 Å². The summed E-state index contributed by atoms with van der Waals surface area (Å²) in [6, 6.07) is 17.4. The highest BCUT2D eigenvalue weighted by molar-refractivity contribution is 5.94. The molecule has 0 saturated carbocycles. The monoisotopic (exact) mass is 390 g/mol. The summed E-state index contributed by atoms with van der Waals surface area (Å²) in [6.45, 7) is 6.96. The van der Waals surface area contributed by atoms with E-state index >= 15 is 0 Å². The van der Waals surface area contributed by atoms with Crippen molar-refractivity contribution in [1.29, 1.82) is 0 Å². The zero-order valence-electron chi connectivity index (χ0n) is 17.0. The lowest BCUT2D eigenvalue weighted by Crippen LogP contribution is -2.17. The van der Waals surface area contributed by atoms with Crippen molar-refractivity contribution in [2.24, 2.45) is 11.0 Å². The van der Waals surface area contributed by atoms with Gasteiger partial charge in [0, 0.05) is 5.56 Å². The molecule has 3 aromatic rings. The van der Waals surface area contributed by atoms with Crippen molar-refractivity contribution in [3.63, 3.8) is 0 Å². The van der Waals surface area contributed by atoms with Crippen molar-refractivity contribution in [3.05, 3.63) is 71.4 Å². The molecule has 150 valence electrons. The number of hydrogen-bond donors (Lipinski definition) is 2. The summed E-state index contributed by atoms with van der Waals surface area (Å²) in [6.07, 6.45) is 2.62. The molecule has 0 aliphatic rings. The summed E-state index contributed by atoms with van der Waals surface area (Å²) in [7, 11) is 0. The summed E-state index contributed by atoms with van der Waals surface area (Å²) in [5.74, 6) is 1.07. The zero-order valence-corrected chi connectivity index (χ0v) is 17.0. The third-order valence-corrected chi connectivity index (χ3v) is 4.29. The quantitative estimate of drug-likeness (QED) is 0.441. The minimum atomic E-state index is -0.345. The van der Waals surface area contributed by atoms with E-state index < -0.39 is 0 Å². The maximum atomic E-state index is 12.3. The number of ether oxygens (including phenoxy) is 1. The molecule has 6 nitrogen and oxygen atoms in total. The Labute approximate surface area is 171 Å². The first-order chi connectivity index (χ1) is 14.0. The van der Waals surface area contributed by atoms with Gasteiger partial charge in [-0.2, -0.15) is 10.2 Å². The van der Waals surface area contributed by atoms with Crippen molar-refractivity contribution in [2.45, 2.75) is 27.2 Å². The molecule has 2 aromatic carbocycles. The lowest BCUT2D eigenvalue weighted by Gasteiger charge is -2.05. The standard InChI is InChI=1S/C23H26N4O2/c1-4-29-20-11-7-18(8-12-20)15-24-27-23(28)22-14-21(25-26-22)19-9-5-17(6-10-19)13-16(2)3/h5-12,14-16H,4,13H2,1-3H3,(H,25,26)(H,27,28)/b24-15+. The van der Waals surface area contributed by atoms with Crippen LogP contribution in [0.2, 0.25) is 0 Å². The fraction of sp³-hybridized carbons (Fsp3) is 0.261. The molecule has 0 fully saturated rings. The molecular weight excluding hydrogens is 364 g/mol. The van der Waals surface area contributed by atoms with Crippen LogP contribution in [0.25, 0.3) is 11.3 Å². The van der Waals surface area contributed by atoms with Gasteiger partial charge in [-0.3, -0.25) is 9.89 Å². The van der Waals surface area contributed by atoms with Crippen LogP contribution in [0.15, 0.2) is 59.7 Å². The van der Waals surface area contributed by atoms with Gasteiger partial charge in [-0.1, -0.05) is 38.1 Å². The molecule has 3 rings (SSSR count). The van der Waals surface area contributed by atoms with E-state index in [9.17, 15) is 4.79 Å². The number of H-pyrrole nitrogens is 1. The van der Waals surface area contributed by atoms with Crippen molar-refractivity contribution < 1.29 is 9.53 Å². The second-order valence-corrected chi connectivity index (χ2v) is 7.16. The highest BCUT2D eigenvalue weighted by Gasteiger charge is 2.10. The minimum Gasteiger partial charge on any atom is -0.494 e. The van der Waals surface area contributed by atoms with Gasteiger partial charge in [-0.15, -0.1) is 0 Å². The van der Waals surface area contributed by atoms with E-state index in [1.165, 1.54) is 5.56 Å². The average molecular weight is 390 g/mol. The Bertz CT molecular complexity index is 957. The van der Waals surface area contributed by atoms with Crippen LogP contribution in [0.1, 0.15) is 42.4 Å². The molecule has 29 heavy (non-hydrogen) atoms. The van der Waals surface area contributed by atoms with E-state index in [0.717, 1.165) is 29.0 Å². The van der Waals surface area contributed by atoms with Crippen LogP contribution in [0.4, 0.5) is 0 Å². The smallest absolute Gasteiger partial charge is 0.289 e. The summed E-state index contributed by atoms with van der Waals surface area (Å²) >= 11 is 0. The van der Waals surface area contributed by atoms with E-state index in [-0.39, 0.29) is 5.91 Å². The molecule has 0 aliphatic carbocycles. The molecule has 0 saturated heterocycles. The van der Waals surface area contributed by atoms with Gasteiger partial charge in [-0.25, -0.2) is 5.43 Å². The van der Waals surface area contributed by atoms with E-state index in [2.05, 4.69) is 46.7 Å². The molecule has 0 aliphatic heterocycles. The Balaban J connectivity index is 1.58. The van der Waals surface area contributed by atoms with Gasteiger partial charge in [0.15, 0.2) is 0 Å². The third-order valence-electron chi connectivity index (χ3n) is 4.29. The predicted molar refractivity (Wildman–Crippen MR) is 115 cm³/mol. The van der Waals surface area contributed by atoms with Gasteiger partial charge in [0.05, 0.1) is 18.5 Å². The first-order valence-corrected chi connectivity index (χ1v) is 9.76. The number of carbonyl (C=O) groups excluding carboxylic acids is 1. The summed E-state index contributed by atoms with van der Waals surface area (Å²) in [5.41, 5.74) is 6.71. The van der Waals surface area contributed by atoms with E-state index in [4.69, 9.17) is 4.74 Å². The van der Waals surface area contributed by atoms with Crippen LogP contribution < -0.4 is 10.2 Å². The number of amides is 1. The lowest BCUT2D eigenvalue weighted by molar-refractivity contribution is 0.0950. The number of benzene rings is 2. The topological polar surface area (TPSA) is 79.4 Å². The molecule has 6 heteroatoms. The molecule has 1 heterocycles. The number of carbonyl (C=O) groups is 1. The van der Waals surface area contributed by atoms with Crippen molar-refractivity contribution in [3.8, 4) is 17.0 Å². The Morgan fingerprint density at radius 1 is 1.17 bits per heavy atom. The maximum absolute atomic E-state index is 12.3. The van der Waals surface area contributed by atoms with Crippen LogP contribution in [0, 0.1) is 5.92 Å². The largest absolute Gasteiger partial charge is 0.494 e. The summed E-state index contributed by atoms with van der Waals surface area (Å²) in [5, 5.41) is 11.0. The second kappa shape index (κ2) is 9.68. The molecule has 1 amide bonds. The van der Waals surface area contributed by atoms with Gasteiger partial charge in [0.2, 0.25) is 0 Å². The Hall–Kier alpha value is -3.41. The SMILES string of the molecule is CCOc1ccc(/C=N/NC(=O)c2cc(-c3ccc(CC(C)C)cc3)n[nH]2)cc1. The molecule has 0 atom stereocenters. The molecule has 0 unspecified atom stereocenters. The normalized spacial score (nSPS) is 11.2. The molecule has 0 bridgehead atoms. The van der Waals surface area contributed by atoms with Crippen molar-refractivity contribution in [2.75, 3.05) is 6.61 Å². The first kappa shape index (κ1) is 20.3. The predicted octanol–water partition coefficient (Wildman–Crippen LogP) is 4.44. The second-order valence-electron chi connectivity index (χ2n) is 7.16. The number of aromatic nitrogens is 2. The highest BCUT2D eigenvalue weighted by Crippen LogP contribution is 2.19. The summed E-state index contributed by atoms with van der Waals surface area (Å²) in [4.78, 5) is 12.3. The number of nitrogens with one attached hydrogen (secondary N) is 2. The fourth-order valence-corrected chi connectivity index (χ4v) is 2.91. The van der Waals surface area contributed by atoms with Gasteiger partial charge < -0.3 is 4.74 Å². The van der Waals surface area contributed by atoms with Gasteiger partial charge in [0.25, 0.3) is 5.91 Å². The number of hydrazone groups is 1. The van der Waals surface area contributed by atoms with Gasteiger partial charge >= 0.3 is 0 Å².